The molecule has 1 heterocycles. The van der Waals surface area contributed by atoms with Crippen LogP contribution in [0.2, 0.25) is 0 Å². The van der Waals surface area contributed by atoms with Gasteiger partial charge < -0.3 is 21.1 Å². The topological polar surface area (TPSA) is 95.7 Å². The minimum Gasteiger partial charge on any atom is -0.481 e. The van der Waals surface area contributed by atoms with Crippen molar-refractivity contribution in [1.82, 2.24) is 10.2 Å². The molecule has 2 atom stereocenters. The fraction of sp³-hybridized carbons (Fsp3) is 0.778. The Kier molecular flexibility index (Phi) is 3.90. The third kappa shape index (κ3) is 3.09. The van der Waals surface area contributed by atoms with Crippen molar-refractivity contribution in [2.45, 2.75) is 19.4 Å². The zero-order chi connectivity index (χ0) is 11.4. The molecular formula is C9H17N3O3. The number of likely N-dealkylation sites (N-methyl/N-ethyl adjacent to an activating group) is 1. The Morgan fingerprint density at radius 1 is 1.53 bits per heavy atom. The van der Waals surface area contributed by atoms with Gasteiger partial charge >= 0.3 is 12.0 Å². The monoisotopic (exact) mass is 215 g/mol. The number of piperidine rings is 1. The molecule has 1 saturated heterocycles. The van der Waals surface area contributed by atoms with Gasteiger partial charge in [-0.25, -0.2) is 4.79 Å². The molecule has 4 N–H and O–H groups in total. The van der Waals surface area contributed by atoms with Gasteiger partial charge in [-0.3, -0.25) is 4.79 Å². The van der Waals surface area contributed by atoms with Crippen molar-refractivity contribution in [3.63, 3.8) is 0 Å². The van der Waals surface area contributed by atoms with Gasteiger partial charge in [0.15, 0.2) is 0 Å². The van der Waals surface area contributed by atoms with Crippen LogP contribution in [-0.4, -0.2) is 47.7 Å². The Labute approximate surface area is 88.4 Å². The first-order chi connectivity index (χ1) is 7.04. The summed E-state index contributed by atoms with van der Waals surface area (Å²) in [4.78, 5) is 23.3. The van der Waals surface area contributed by atoms with Crippen LogP contribution in [0, 0.1) is 5.92 Å². The summed E-state index contributed by atoms with van der Waals surface area (Å²) in [5, 5.41) is 12.1. The first kappa shape index (κ1) is 11.8. The van der Waals surface area contributed by atoms with E-state index in [0.29, 0.717) is 13.0 Å². The van der Waals surface area contributed by atoms with Gasteiger partial charge in [-0.2, -0.15) is 0 Å². The van der Waals surface area contributed by atoms with E-state index in [1.165, 1.54) is 4.90 Å². The van der Waals surface area contributed by atoms with Gasteiger partial charge in [0, 0.05) is 19.1 Å². The molecule has 0 aromatic heterocycles. The Balaban J connectivity index is 2.64. The number of hydrogen-bond acceptors (Lipinski definition) is 3. The summed E-state index contributed by atoms with van der Waals surface area (Å²) in [5.74, 6) is -1.39. The number of nitrogens with one attached hydrogen (secondary N) is 1. The summed E-state index contributed by atoms with van der Waals surface area (Å²) in [6, 6.07) is -0.527. The number of likely N-dealkylation sites (tertiary alicyclic amines) is 1. The zero-order valence-electron chi connectivity index (χ0n) is 8.77. The highest BCUT2D eigenvalue weighted by Crippen LogP contribution is 2.16. The summed E-state index contributed by atoms with van der Waals surface area (Å²) in [5.41, 5.74) is 5.15. The lowest BCUT2D eigenvalue weighted by Gasteiger charge is -2.35. The van der Waals surface area contributed by atoms with Gasteiger partial charge in [0.1, 0.15) is 0 Å². The number of rotatable bonds is 3. The van der Waals surface area contributed by atoms with E-state index in [4.69, 9.17) is 10.8 Å². The fourth-order valence-electron chi connectivity index (χ4n) is 1.89. The molecule has 1 fully saturated rings. The third-order valence-corrected chi connectivity index (χ3v) is 2.60. The van der Waals surface area contributed by atoms with Crippen LogP contribution in [0.15, 0.2) is 0 Å². The van der Waals surface area contributed by atoms with E-state index in [1.807, 2.05) is 6.92 Å². The molecule has 0 spiro atoms. The van der Waals surface area contributed by atoms with Crippen molar-refractivity contribution in [2.24, 2.45) is 11.7 Å². The standard InChI is InChI=1S/C9H17N3O3/c1-2-11-7-3-6(8(13)14)4-12(5-7)9(10)15/h6-7,11H,2-5H2,1H3,(H2,10,15)(H,13,14). The predicted octanol–water partition coefficient (Wildman–Crippen LogP) is -0.550. The number of carbonyl (C=O) groups excluding carboxylic acids is 1. The highest BCUT2D eigenvalue weighted by atomic mass is 16.4. The molecule has 86 valence electrons. The summed E-state index contributed by atoms with van der Waals surface area (Å²) in [7, 11) is 0. The number of amides is 2. The van der Waals surface area contributed by atoms with Gasteiger partial charge in [0.25, 0.3) is 0 Å². The molecule has 0 aromatic carbocycles. The number of carboxylic acids is 1. The molecule has 1 aliphatic heterocycles. The maximum absolute atomic E-state index is 11.0. The van der Waals surface area contributed by atoms with Gasteiger partial charge in [0.05, 0.1) is 5.92 Å². The summed E-state index contributed by atoms with van der Waals surface area (Å²) >= 11 is 0. The molecule has 0 radical (unpaired) electrons. The average Bonchev–Trinajstić information content (AvgIpc) is 2.17. The predicted molar refractivity (Wildman–Crippen MR) is 54.4 cm³/mol. The smallest absolute Gasteiger partial charge is 0.314 e. The van der Waals surface area contributed by atoms with Crippen molar-refractivity contribution < 1.29 is 14.7 Å². The lowest BCUT2D eigenvalue weighted by molar-refractivity contribution is -0.143. The van der Waals surface area contributed by atoms with Crippen molar-refractivity contribution >= 4 is 12.0 Å². The lowest BCUT2D eigenvalue weighted by atomic mass is 9.94. The van der Waals surface area contributed by atoms with Gasteiger partial charge in [0.2, 0.25) is 0 Å². The van der Waals surface area contributed by atoms with Crippen molar-refractivity contribution in [3.8, 4) is 0 Å². The molecule has 0 saturated carbocycles. The SMILES string of the molecule is CCNC1CC(C(=O)O)CN(C(N)=O)C1. The largest absolute Gasteiger partial charge is 0.481 e. The van der Waals surface area contributed by atoms with Crippen LogP contribution in [0.4, 0.5) is 4.79 Å². The molecule has 0 aromatic rings. The van der Waals surface area contributed by atoms with Crippen LogP contribution in [0.3, 0.4) is 0 Å². The lowest BCUT2D eigenvalue weighted by Crippen LogP contribution is -2.54. The van der Waals surface area contributed by atoms with E-state index in [2.05, 4.69) is 5.32 Å². The van der Waals surface area contributed by atoms with Crippen LogP contribution in [0.5, 0.6) is 0 Å². The second-order valence-electron chi connectivity index (χ2n) is 3.77. The van der Waals surface area contributed by atoms with Gasteiger partial charge in [-0.15, -0.1) is 0 Å². The number of primary amides is 1. The van der Waals surface area contributed by atoms with E-state index < -0.39 is 17.9 Å². The molecule has 1 aliphatic rings. The zero-order valence-corrected chi connectivity index (χ0v) is 8.77. The number of urea groups is 1. The number of nitrogens with zero attached hydrogens (tertiary/aromatic N) is 1. The molecule has 2 unspecified atom stereocenters. The molecule has 15 heavy (non-hydrogen) atoms. The number of carbonyl (C=O) groups is 2. The van der Waals surface area contributed by atoms with E-state index in [1.54, 1.807) is 0 Å². The van der Waals surface area contributed by atoms with Crippen molar-refractivity contribution in [3.05, 3.63) is 0 Å². The molecule has 0 aliphatic carbocycles. The minimum atomic E-state index is -0.871. The molecule has 6 nitrogen and oxygen atoms in total. The van der Waals surface area contributed by atoms with Crippen LogP contribution >= 0.6 is 0 Å². The number of carboxylic acid groups (broad SMARTS) is 1. The van der Waals surface area contributed by atoms with Crippen LogP contribution < -0.4 is 11.1 Å². The van der Waals surface area contributed by atoms with Crippen LogP contribution in [0.1, 0.15) is 13.3 Å². The van der Waals surface area contributed by atoms with Gasteiger partial charge in [-0.05, 0) is 13.0 Å². The van der Waals surface area contributed by atoms with Crippen molar-refractivity contribution in [1.29, 1.82) is 0 Å². The second-order valence-corrected chi connectivity index (χ2v) is 3.77. The highest BCUT2D eigenvalue weighted by Gasteiger charge is 2.32. The van der Waals surface area contributed by atoms with E-state index in [9.17, 15) is 9.59 Å². The number of hydrogen-bond donors (Lipinski definition) is 3. The number of nitrogens with two attached hydrogens (primary N) is 1. The first-order valence-corrected chi connectivity index (χ1v) is 5.05. The van der Waals surface area contributed by atoms with Crippen molar-refractivity contribution in [2.75, 3.05) is 19.6 Å². The molecule has 0 bridgehead atoms. The maximum atomic E-state index is 11.0. The second kappa shape index (κ2) is 4.97. The van der Waals surface area contributed by atoms with Crippen LogP contribution in [0.25, 0.3) is 0 Å². The summed E-state index contributed by atoms with van der Waals surface area (Å²) in [6.07, 6.45) is 0.549. The summed E-state index contributed by atoms with van der Waals surface area (Å²) in [6.45, 7) is 3.40. The molecule has 1 rings (SSSR count). The van der Waals surface area contributed by atoms with Crippen LogP contribution in [-0.2, 0) is 4.79 Å². The molecular weight excluding hydrogens is 198 g/mol. The molecule has 6 heteroatoms. The van der Waals surface area contributed by atoms with E-state index in [-0.39, 0.29) is 12.6 Å². The third-order valence-electron chi connectivity index (χ3n) is 2.60. The normalized spacial score (nSPS) is 26.3. The first-order valence-electron chi connectivity index (χ1n) is 5.05. The quantitative estimate of drug-likeness (QED) is 0.588. The average molecular weight is 215 g/mol. The molecule has 2 amide bonds. The maximum Gasteiger partial charge on any atom is 0.314 e. The van der Waals surface area contributed by atoms with E-state index in [0.717, 1.165) is 6.54 Å². The highest BCUT2D eigenvalue weighted by molar-refractivity contribution is 5.75. The Morgan fingerprint density at radius 3 is 2.67 bits per heavy atom. The summed E-state index contributed by atoms with van der Waals surface area (Å²) < 4.78 is 0. The number of aliphatic carboxylic acids is 1. The Bertz CT molecular complexity index is 235. The Hall–Kier alpha value is -1.30. The van der Waals surface area contributed by atoms with Gasteiger partial charge in [-0.1, -0.05) is 6.92 Å². The fourth-order valence-corrected chi connectivity index (χ4v) is 1.89. The Morgan fingerprint density at radius 2 is 2.20 bits per heavy atom. The minimum absolute atomic E-state index is 0.0253. The van der Waals surface area contributed by atoms with E-state index >= 15 is 0 Å².